The first-order chi connectivity index (χ1) is 9.65. The van der Waals surface area contributed by atoms with Gasteiger partial charge in [0, 0.05) is 23.9 Å². The minimum Gasteiger partial charge on any atom is -0.398 e. The molecule has 4 nitrogen and oxygen atoms in total. The van der Waals surface area contributed by atoms with Gasteiger partial charge in [0.25, 0.3) is 0 Å². The number of aryl methyl sites for hydroxylation is 2. The lowest BCUT2D eigenvalue weighted by molar-refractivity contribution is 0.777. The van der Waals surface area contributed by atoms with Crippen LogP contribution in [0.15, 0.2) is 48.5 Å². The lowest BCUT2D eigenvalue weighted by atomic mass is 10.1. The predicted octanol–water partition coefficient (Wildman–Crippen LogP) is 3.04. The predicted molar refractivity (Wildman–Crippen MR) is 81.0 cm³/mol. The fourth-order valence-corrected chi connectivity index (χ4v) is 2.19. The molecule has 100 valence electrons. The molecule has 0 saturated heterocycles. The van der Waals surface area contributed by atoms with E-state index in [9.17, 15) is 0 Å². The highest BCUT2D eigenvalue weighted by Crippen LogP contribution is 2.27. The summed E-state index contributed by atoms with van der Waals surface area (Å²) in [7, 11) is 1.89. The van der Waals surface area contributed by atoms with Crippen molar-refractivity contribution in [2.24, 2.45) is 7.05 Å². The lowest BCUT2D eigenvalue weighted by Gasteiger charge is -2.05. The number of hydrogen-bond acceptors (Lipinski definition) is 3. The summed E-state index contributed by atoms with van der Waals surface area (Å²) in [4.78, 5) is 4.62. The van der Waals surface area contributed by atoms with E-state index in [1.165, 1.54) is 0 Å². The van der Waals surface area contributed by atoms with Crippen molar-refractivity contribution >= 4 is 5.69 Å². The van der Waals surface area contributed by atoms with Crippen LogP contribution >= 0.6 is 0 Å². The molecule has 0 fully saturated rings. The Morgan fingerprint density at radius 1 is 1.05 bits per heavy atom. The van der Waals surface area contributed by atoms with E-state index >= 15 is 0 Å². The van der Waals surface area contributed by atoms with Gasteiger partial charge in [-0.25, -0.2) is 9.67 Å². The summed E-state index contributed by atoms with van der Waals surface area (Å²) < 4.78 is 1.77. The number of benzene rings is 2. The minimum absolute atomic E-state index is 0.712. The van der Waals surface area contributed by atoms with Gasteiger partial charge in [0.15, 0.2) is 11.6 Å². The van der Waals surface area contributed by atoms with Crippen molar-refractivity contribution in [3.8, 4) is 22.8 Å². The van der Waals surface area contributed by atoms with E-state index in [-0.39, 0.29) is 0 Å². The number of nitrogens with zero attached hydrogens (tertiary/aromatic N) is 3. The van der Waals surface area contributed by atoms with Gasteiger partial charge in [-0.2, -0.15) is 5.10 Å². The van der Waals surface area contributed by atoms with Crippen molar-refractivity contribution < 1.29 is 0 Å². The third-order valence-electron chi connectivity index (χ3n) is 3.24. The van der Waals surface area contributed by atoms with E-state index in [2.05, 4.69) is 10.1 Å². The molecule has 0 radical (unpaired) electrons. The molecule has 0 bridgehead atoms. The number of rotatable bonds is 2. The average Bonchev–Trinajstić information content (AvgIpc) is 2.84. The van der Waals surface area contributed by atoms with E-state index in [0.29, 0.717) is 11.5 Å². The highest BCUT2D eigenvalue weighted by Gasteiger charge is 2.13. The SMILES string of the molecule is Cc1ccc(N)c(-c2nc(-c3ccccc3)nn2C)c1. The van der Waals surface area contributed by atoms with Gasteiger partial charge >= 0.3 is 0 Å². The van der Waals surface area contributed by atoms with Gasteiger partial charge in [-0.1, -0.05) is 42.0 Å². The normalized spacial score (nSPS) is 10.7. The van der Waals surface area contributed by atoms with Crippen LogP contribution in [0.25, 0.3) is 22.8 Å². The van der Waals surface area contributed by atoms with Crippen LogP contribution in [0.2, 0.25) is 0 Å². The molecule has 20 heavy (non-hydrogen) atoms. The Labute approximate surface area is 117 Å². The van der Waals surface area contributed by atoms with Crippen LogP contribution in [0.5, 0.6) is 0 Å². The van der Waals surface area contributed by atoms with E-state index in [1.807, 2.05) is 62.5 Å². The summed E-state index contributed by atoms with van der Waals surface area (Å²) >= 11 is 0. The summed E-state index contributed by atoms with van der Waals surface area (Å²) in [6.45, 7) is 2.04. The molecule has 0 aliphatic heterocycles. The van der Waals surface area contributed by atoms with Crippen molar-refractivity contribution in [2.45, 2.75) is 6.92 Å². The lowest BCUT2D eigenvalue weighted by Crippen LogP contribution is -1.98. The molecule has 3 rings (SSSR count). The fourth-order valence-electron chi connectivity index (χ4n) is 2.19. The second-order valence-corrected chi connectivity index (χ2v) is 4.84. The highest BCUT2D eigenvalue weighted by atomic mass is 15.3. The van der Waals surface area contributed by atoms with Gasteiger partial charge < -0.3 is 5.73 Å². The molecule has 0 saturated carbocycles. The molecule has 2 aromatic carbocycles. The van der Waals surface area contributed by atoms with Crippen LogP contribution in [0, 0.1) is 6.92 Å². The first-order valence-corrected chi connectivity index (χ1v) is 6.48. The maximum absolute atomic E-state index is 6.06. The molecule has 2 N–H and O–H groups in total. The van der Waals surface area contributed by atoms with Crippen molar-refractivity contribution in [1.29, 1.82) is 0 Å². The Morgan fingerprint density at radius 3 is 2.55 bits per heavy atom. The molecule has 0 aliphatic carbocycles. The number of hydrogen-bond donors (Lipinski definition) is 1. The summed E-state index contributed by atoms with van der Waals surface area (Å²) in [5, 5.41) is 4.48. The van der Waals surface area contributed by atoms with E-state index in [4.69, 9.17) is 5.73 Å². The molecule has 3 aromatic rings. The standard InChI is InChI=1S/C16H16N4/c1-11-8-9-14(17)13(10-11)16-18-15(19-20(16)2)12-6-4-3-5-7-12/h3-10H,17H2,1-2H3. The zero-order valence-corrected chi connectivity index (χ0v) is 11.5. The van der Waals surface area contributed by atoms with Gasteiger partial charge in [0.05, 0.1) is 0 Å². The monoisotopic (exact) mass is 264 g/mol. The Bertz CT molecular complexity index is 744. The molecule has 0 amide bonds. The summed E-state index contributed by atoms with van der Waals surface area (Å²) in [6.07, 6.45) is 0. The first kappa shape index (κ1) is 12.4. The quantitative estimate of drug-likeness (QED) is 0.724. The summed E-state index contributed by atoms with van der Waals surface area (Å²) in [5.41, 5.74) is 9.84. The Kier molecular flexibility index (Phi) is 2.99. The van der Waals surface area contributed by atoms with Crippen LogP contribution in [-0.2, 0) is 7.05 Å². The van der Waals surface area contributed by atoms with Crippen molar-refractivity contribution in [2.75, 3.05) is 5.73 Å². The zero-order chi connectivity index (χ0) is 14.1. The third-order valence-corrected chi connectivity index (χ3v) is 3.24. The van der Waals surface area contributed by atoms with Gasteiger partial charge in [-0.3, -0.25) is 0 Å². The van der Waals surface area contributed by atoms with Crippen LogP contribution < -0.4 is 5.73 Å². The Hall–Kier alpha value is -2.62. The molecule has 1 aromatic heterocycles. The molecular formula is C16H16N4. The average molecular weight is 264 g/mol. The molecule has 0 aliphatic rings. The minimum atomic E-state index is 0.712. The van der Waals surface area contributed by atoms with Crippen molar-refractivity contribution in [3.05, 3.63) is 54.1 Å². The second kappa shape index (κ2) is 4.81. The smallest absolute Gasteiger partial charge is 0.181 e. The van der Waals surface area contributed by atoms with Gasteiger partial charge in [0.1, 0.15) is 0 Å². The molecule has 0 spiro atoms. The Morgan fingerprint density at radius 2 is 1.80 bits per heavy atom. The van der Waals surface area contributed by atoms with Gasteiger partial charge in [-0.05, 0) is 19.1 Å². The molecule has 4 heteroatoms. The number of nitrogens with two attached hydrogens (primary N) is 1. The fraction of sp³-hybridized carbons (Fsp3) is 0.125. The summed E-state index contributed by atoms with van der Waals surface area (Å²) in [6, 6.07) is 15.9. The molecular weight excluding hydrogens is 248 g/mol. The number of nitrogen functional groups attached to an aromatic ring is 1. The van der Waals surface area contributed by atoms with Gasteiger partial charge in [0.2, 0.25) is 0 Å². The van der Waals surface area contributed by atoms with Crippen molar-refractivity contribution in [3.63, 3.8) is 0 Å². The maximum atomic E-state index is 6.06. The molecule has 1 heterocycles. The third kappa shape index (κ3) is 2.16. The molecule has 0 unspecified atom stereocenters. The van der Waals surface area contributed by atoms with Crippen LogP contribution in [0.1, 0.15) is 5.56 Å². The zero-order valence-electron chi connectivity index (χ0n) is 11.5. The Balaban J connectivity index is 2.12. The highest BCUT2D eigenvalue weighted by molar-refractivity contribution is 5.73. The number of aromatic nitrogens is 3. The van der Waals surface area contributed by atoms with Crippen molar-refractivity contribution in [1.82, 2.24) is 14.8 Å². The number of anilines is 1. The second-order valence-electron chi connectivity index (χ2n) is 4.84. The van der Waals surface area contributed by atoms with Crippen LogP contribution in [0.3, 0.4) is 0 Å². The first-order valence-electron chi connectivity index (χ1n) is 6.48. The largest absolute Gasteiger partial charge is 0.398 e. The van der Waals surface area contributed by atoms with E-state index in [1.54, 1.807) is 4.68 Å². The van der Waals surface area contributed by atoms with Gasteiger partial charge in [-0.15, -0.1) is 0 Å². The topological polar surface area (TPSA) is 56.7 Å². The van der Waals surface area contributed by atoms with Crippen LogP contribution in [-0.4, -0.2) is 14.8 Å². The summed E-state index contributed by atoms with van der Waals surface area (Å²) in [5.74, 6) is 1.49. The van der Waals surface area contributed by atoms with E-state index in [0.717, 1.165) is 22.5 Å². The van der Waals surface area contributed by atoms with Crippen LogP contribution in [0.4, 0.5) is 5.69 Å². The van der Waals surface area contributed by atoms with E-state index < -0.39 is 0 Å². The molecule has 0 atom stereocenters. The maximum Gasteiger partial charge on any atom is 0.181 e.